The Balaban J connectivity index is 1.70. The molecule has 0 radical (unpaired) electrons. The van der Waals surface area contributed by atoms with Crippen LogP contribution >= 0.6 is 23.2 Å². The van der Waals surface area contributed by atoms with Crippen molar-refractivity contribution in [1.82, 2.24) is 14.7 Å². The molecule has 1 aromatic carbocycles. The molecular formula is C19H25Cl2N3O2. The minimum absolute atomic E-state index is 0.0624. The van der Waals surface area contributed by atoms with E-state index in [9.17, 15) is 9.59 Å². The Hall–Kier alpha value is -1.30. The van der Waals surface area contributed by atoms with Crippen molar-refractivity contribution < 1.29 is 9.59 Å². The van der Waals surface area contributed by atoms with Crippen molar-refractivity contribution in [3.8, 4) is 0 Å². The van der Waals surface area contributed by atoms with E-state index in [2.05, 4.69) is 18.7 Å². The molecule has 1 atom stereocenters. The molecule has 2 aliphatic heterocycles. The monoisotopic (exact) mass is 397 g/mol. The van der Waals surface area contributed by atoms with Crippen molar-refractivity contribution in [2.45, 2.75) is 38.8 Å². The first kappa shape index (κ1) is 19.5. The Morgan fingerprint density at radius 2 is 1.62 bits per heavy atom. The van der Waals surface area contributed by atoms with Crippen molar-refractivity contribution in [2.24, 2.45) is 0 Å². The molecular weight excluding hydrogens is 373 g/mol. The van der Waals surface area contributed by atoms with E-state index in [0.29, 0.717) is 34.6 Å². The number of rotatable bonds is 3. The third-order valence-corrected chi connectivity index (χ3v) is 5.70. The topological polar surface area (TPSA) is 43.9 Å². The molecule has 1 unspecified atom stereocenters. The van der Waals surface area contributed by atoms with E-state index < -0.39 is 0 Å². The number of hydrogen-bond acceptors (Lipinski definition) is 3. The normalized spacial score (nSPS) is 21.5. The minimum Gasteiger partial charge on any atom is -0.338 e. The predicted molar refractivity (Wildman–Crippen MR) is 104 cm³/mol. The molecule has 2 aliphatic rings. The summed E-state index contributed by atoms with van der Waals surface area (Å²) in [5, 5.41) is 0.848. The van der Waals surface area contributed by atoms with Gasteiger partial charge in [0.1, 0.15) is 6.04 Å². The highest BCUT2D eigenvalue weighted by atomic mass is 35.5. The van der Waals surface area contributed by atoms with Crippen molar-refractivity contribution >= 4 is 35.0 Å². The van der Waals surface area contributed by atoms with Gasteiger partial charge in [0.15, 0.2) is 0 Å². The van der Waals surface area contributed by atoms with E-state index in [0.717, 1.165) is 32.6 Å². The van der Waals surface area contributed by atoms with Crippen molar-refractivity contribution in [1.29, 1.82) is 0 Å². The van der Waals surface area contributed by atoms with Crippen LogP contribution in [0.15, 0.2) is 18.2 Å². The van der Waals surface area contributed by atoms with Crippen molar-refractivity contribution in [3.05, 3.63) is 33.8 Å². The second-order valence-electron chi connectivity index (χ2n) is 7.27. The van der Waals surface area contributed by atoms with Gasteiger partial charge in [-0.25, -0.2) is 0 Å². The summed E-state index contributed by atoms with van der Waals surface area (Å²) in [6.07, 6.45) is 1.55. The van der Waals surface area contributed by atoms with Gasteiger partial charge in [-0.2, -0.15) is 0 Å². The molecule has 2 saturated heterocycles. The first-order chi connectivity index (χ1) is 12.4. The number of likely N-dealkylation sites (tertiary alicyclic amines) is 1. The van der Waals surface area contributed by atoms with Crippen molar-refractivity contribution in [2.75, 3.05) is 32.7 Å². The first-order valence-electron chi connectivity index (χ1n) is 9.16. The Morgan fingerprint density at radius 3 is 2.19 bits per heavy atom. The summed E-state index contributed by atoms with van der Waals surface area (Å²) >= 11 is 12.1. The minimum atomic E-state index is -0.383. The quantitative estimate of drug-likeness (QED) is 0.786. The highest BCUT2D eigenvalue weighted by Gasteiger charge is 2.37. The average molecular weight is 398 g/mol. The van der Waals surface area contributed by atoms with Gasteiger partial charge >= 0.3 is 0 Å². The van der Waals surface area contributed by atoms with Crippen molar-refractivity contribution in [3.63, 3.8) is 0 Å². The average Bonchev–Trinajstić information content (AvgIpc) is 3.09. The van der Waals surface area contributed by atoms with Gasteiger partial charge in [-0.05, 0) is 44.9 Å². The summed E-state index contributed by atoms with van der Waals surface area (Å²) in [5.74, 6) is -0.113. The van der Waals surface area contributed by atoms with Gasteiger partial charge in [-0.1, -0.05) is 23.2 Å². The van der Waals surface area contributed by atoms with Crippen LogP contribution in [-0.4, -0.2) is 71.3 Å². The highest BCUT2D eigenvalue weighted by molar-refractivity contribution is 6.35. The van der Waals surface area contributed by atoms with Gasteiger partial charge in [0, 0.05) is 54.4 Å². The lowest BCUT2D eigenvalue weighted by molar-refractivity contribution is -0.137. The van der Waals surface area contributed by atoms with Gasteiger partial charge in [-0.3, -0.25) is 14.5 Å². The number of hydrogen-bond donors (Lipinski definition) is 0. The number of halogens is 2. The van der Waals surface area contributed by atoms with Crippen LogP contribution in [0.2, 0.25) is 10.0 Å². The fourth-order valence-electron chi connectivity index (χ4n) is 3.78. The molecule has 0 aliphatic carbocycles. The number of carbonyl (C=O) groups is 2. The Bertz CT molecular complexity index is 667. The van der Waals surface area contributed by atoms with Crippen LogP contribution < -0.4 is 0 Å². The lowest BCUT2D eigenvalue weighted by Gasteiger charge is -2.39. The maximum Gasteiger partial charge on any atom is 0.254 e. The zero-order valence-electron chi connectivity index (χ0n) is 15.3. The molecule has 2 heterocycles. The number of nitrogens with zero attached hydrogens (tertiary/aromatic N) is 3. The van der Waals surface area contributed by atoms with Crippen LogP contribution in [0.25, 0.3) is 0 Å². The maximum absolute atomic E-state index is 13.0. The van der Waals surface area contributed by atoms with Gasteiger partial charge in [-0.15, -0.1) is 0 Å². The Kier molecular flexibility index (Phi) is 6.10. The van der Waals surface area contributed by atoms with E-state index in [1.807, 2.05) is 4.90 Å². The standard InChI is InChI=1S/C19H25Cl2N3O2/c1-13(2)22-6-8-23(9-7-22)19(26)17-4-3-5-24(17)18(25)14-10-15(20)12-16(21)11-14/h10-13,17H,3-9H2,1-2H3. The van der Waals surface area contributed by atoms with E-state index in [1.54, 1.807) is 23.1 Å². The number of amides is 2. The zero-order valence-corrected chi connectivity index (χ0v) is 16.8. The molecule has 1 aromatic rings. The molecule has 5 nitrogen and oxygen atoms in total. The molecule has 2 amide bonds. The molecule has 0 spiro atoms. The zero-order chi connectivity index (χ0) is 18.8. The fourth-order valence-corrected chi connectivity index (χ4v) is 4.31. The molecule has 0 aromatic heterocycles. The van der Waals surface area contributed by atoms with Gasteiger partial charge in [0.2, 0.25) is 5.91 Å². The van der Waals surface area contributed by atoms with Crippen LogP contribution in [0.4, 0.5) is 0 Å². The van der Waals surface area contributed by atoms with Crippen LogP contribution in [0.1, 0.15) is 37.0 Å². The summed E-state index contributed by atoms with van der Waals surface area (Å²) in [6, 6.07) is 4.92. The van der Waals surface area contributed by atoms with Crippen LogP contribution in [0.3, 0.4) is 0 Å². The van der Waals surface area contributed by atoms with Gasteiger partial charge in [0.25, 0.3) is 5.91 Å². The Morgan fingerprint density at radius 1 is 1.00 bits per heavy atom. The lowest BCUT2D eigenvalue weighted by atomic mass is 10.1. The number of carbonyl (C=O) groups excluding carboxylic acids is 2. The van der Waals surface area contributed by atoms with Gasteiger partial charge < -0.3 is 9.80 Å². The third kappa shape index (κ3) is 4.16. The SMILES string of the molecule is CC(C)N1CCN(C(=O)C2CCCN2C(=O)c2cc(Cl)cc(Cl)c2)CC1. The first-order valence-corrected chi connectivity index (χ1v) is 9.92. The summed E-state index contributed by atoms with van der Waals surface area (Å²) < 4.78 is 0. The maximum atomic E-state index is 13.0. The second kappa shape index (κ2) is 8.15. The molecule has 0 saturated carbocycles. The van der Waals surface area contributed by atoms with E-state index in [4.69, 9.17) is 23.2 Å². The van der Waals surface area contributed by atoms with Crippen LogP contribution in [0.5, 0.6) is 0 Å². The van der Waals surface area contributed by atoms with E-state index in [1.165, 1.54) is 0 Å². The largest absolute Gasteiger partial charge is 0.338 e. The summed E-state index contributed by atoms with van der Waals surface area (Å²) in [6.45, 7) is 8.14. The molecule has 3 rings (SSSR count). The second-order valence-corrected chi connectivity index (χ2v) is 8.14. The number of benzene rings is 1. The molecule has 0 N–H and O–H groups in total. The third-order valence-electron chi connectivity index (χ3n) is 5.26. The fraction of sp³-hybridized carbons (Fsp3) is 0.579. The smallest absolute Gasteiger partial charge is 0.254 e. The molecule has 7 heteroatoms. The molecule has 0 bridgehead atoms. The molecule has 142 valence electrons. The number of piperazine rings is 1. The predicted octanol–water partition coefficient (Wildman–Crippen LogP) is 3.15. The van der Waals surface area contributed by atoms with Gasteiger partial charge in [0.05, 0.1) is 0 Å². The van der Waals surface area contributed by atoms with E-state index >= 15 is 0 Å². The Labute approximate surface area is 164 Å². The molecule has 26 heavy (non-hydrogen) atoms. The van der Waals surface area contributed by atoms with Crippen LogP contribution in [0, 0.1) is 0 Å². The molecule has 2 fully saturated rings. The van der Waals surface area contributed by atoms with Crippen LogP contribution in [-0.2, 0) is 4.79 Å². The summed E-state index contributed by atoms with van der Waals surface area (Å²) in [4.78, 5) is 31.9. The summed E-state index contributed by atoms with van der Waals surface area (Å²) in [7, 11) is 0. The summed E-state index contributed by atoms with van der Waals surface area (Å²) in [5.41, 5.74) is 0.437. The van der Waals surface area contributed by atoms with E-state index in [-0.39, 0.29) is 17.9 Å². The highest BCUT2D eigenvalue weighted by Crippen LogP contribution is 2.25. The lowest BCUT2D eigenvalue weighted by Crippen LogP contribution is -2.55.